The second kappa shape index (κ2) is 8.55. The van der Waals surface area contributed by atoms with Gasteiger partial charge in [0.2, 0.25) is 0 Å². The van der Waals surface area contributed by atoms with Crippen LogP contribution in [-0.4, -0.2) is 34.7 Å². The molecule has 2 fully saturated rings. The molecule has 160 valence electrons. The van der Waals surface area contributed by atoms with Crippen molar-refractivity contribution in [3.05, 3.63) is 88.6 Å². The van der Waals surface area contributed by atoms with Crippen molar-refractivity contribution in [2.24, 2.45) is 0 Å². The van der Waals surface area contributed by atoms with Gasteiger partial charge in [-0.25, -0.2) is 4.39 Å². The van der Waals surface area contributed by atoms with Gasteiger partial charge < -0.3 is 9.47 Å². The van der Waals surface area contributed by atoms with E-state index in [0.29, 0.717) is 5.75 Å². The van der Waals surface area contributed by atoms with E-state index in [1.165, 1.54) is 37.5 Å². The monoisotopic (exact) mass is 420 g/mol. The SMILES string of the molecule is O=c1cc(OCc2ccc(F)cc2)ccn1-c1ccc(OC2CN(C3CCC3)C2)cc1. The van der Waals surface area contributed by atoms with Crippen LogP contribution in [0.3, 0.4) is 0 Å². The summed E-state index contributed by atoms with van der Waals surface area (Å²) in [6, 6.07) is 17.7. The molecule has 0 amide bonds. The van der Waals surface area contributed by atoms with E-state index in [1.54, 1.807) is 29.0 Å². The van der Waals surface area contributed by atoms with E-state index in [1.807, 2.05) is 24.3 Å². The lowest BCUT2D eigenvalue weighted by molar-refractivity contribution is -0.0308. The van der Waals surface area contributed by atoms with Crippen LogP contribution < -0.4 is 15.0 Å². The quantitative estimate of drug-likeness (QED) is 0.576. The summed E-state index contributed by atoms with van der Waals surface area (Å²) in [7, 11) is 0. The van der Waals surface area contributed by atoms with E-state index in [0.717, 1.165) is 36.1 Å². The molecule has 0 radical (unpaired) electrons. The maximum atomic E-state index is 13.0. The van der Waals surface area contributed by atoms with E-state index in [9.17, 15) is 9.18 Å². The number of ether oxygens (including phenoxy) is 2. The largest absolute Gasteiger partial charge is 0.489 e. The third kappa shape index (κ3) is 4.49. The fraction of sp³-hybridized carbons (Fsp3) is 0.320. The minimum atomic E-state index is -0.286. The molecule has 0 atom stereocenters. The summed E-state index contributed by atoms with van der Waals surface area (Å²) in [6.07, 6.45) is 5.96. The molecule has 5 nitrogen and oxygen atoms in total. The zero-order valence-electron chi connectivity index (χ0n) is 17.2. The first-order chi connectivity index (χ1) is 15.1. The maximum absolute atomic E-state index is 13.0. The molecule has 1 saturated heterocycles. The summed E-state index contributed by atoms with van der Waals surface area (Å²) >= 11 is 0. The highest BCUT2D eigenvalue weighted by Gasteiger charge is 2.36. The molecule has 0 unspecified atom stereocenters. The molecule has 5 rings (SSSR count). The lowest BCUT2D eigenvalue weighted by atomic mass is 9.89. The molecule has 1 aliphatic carbocycles. The standard InChI is InChI=1S/C25H25FN2O3/c26-19-6-4-18(5-7-19)17-30-23-12-13-28(25(29)14-23)21-8-10-22(11-9-21)31-24-15-27(16-24)20-2-1-3-20/h4-14,20,24H,1-3,15-17H2. The Hall–Kier alpha value is -3.12. The highest BCUT2D eigenvalue weighted by atomic mass is 19.1. The van der Waals surface area contributed by atoms with Crippen molar-refractivity contribution in [2.45, 2.75) is 38.0 Å². The molecular weight excluding hydrogens is 395 g/mol. The third-order valence-electron chi connectivity index (χ3n) is 6.09. The number of likely N-dealkylation sites (tertiary alicyclic amines) is 1. The number of benzene rings is 2. The molecule has 6 heteroatoms. The number of halogens is 1. The van der Waals surface area contributed by atoms with Gasteiger partial charge in [0.05, 0.1) is 0 Å². The van der Waals surface area contributed by atoms with Crippen LogP contribution in [0.4, 0.5) is 4.39 Å². The van der Waals surface area contributed by atoms with Gasteiger partial charge in [0, 0.05) is 37.1 Å². The third-order valence-corrected chi connectivity index (χ3v) is 6.09. The first-order valence-electron chi connectivity index (χ1n) is 10.8. The Labute approximate surface area is 180 Å². The lowest BCUT2D eigenvalue weighted by Gasteiger charge is -2.47. The zero-order chi connectivity index (χ0) is 21.2. The topological polar surface area (TPSA) is 43.7 Å². The maximum Gasteiger partial charge on any atom is 0.258 e. The number of pyridine rings is 1. The molecule has 0 bridgehead atoms. The van der Waals surface area contributed by atoms with Crippen LogP contribution in [0, 0.1) is 5.82 Å². The Morgan fingerprint density at radius 2 is 1.68 bits per heavy atom. The Balaban J connectivity index is 1.18. The number of rotatable bonds is 7. The van der Waals surface area contributed by atoms with Gasteiger partial charge >= 0.3 is 0 Å². The second-order valence-electron chi connectivity index (χ2n) is 8.26. The molecule has 0 N–H and O–H groups in total. The van der Waals surface area contributed by atoms with Gasteiger partial charge in [0.1, 0.15) is 30.0 Å². The Morgan fingerprint density at radius 1 is 0.935 bits per heavy atom. The Morgan fingerprint density at radius 3 is 2.32 bits per heavy atom. The highest BCUT2D eigenvalue weighted by molar-refractivity contribution is 5.38. The number of aromatic nitrogens is 1. The van der Waals surface area contributed by atoms with E-state index in [-0.39, 0.29) is 24.1 Å². The van der Waals surface area contributed by atoms with Crippen LogP contribution in [0.2, 0.25) is 0 Å². The van der Waals surface area contributed by atoms with Crippen molar-refractivity contribution in [2.75, 3.05) is 13.1 Å². The van der Waals surface area contributed by atoms with Gasteiger partial charge in [0.25, 0.3) is 5.56 Å². The minimum absolute atomic E-state index is 0.180. The highest BCUT2D eigenvalue weighted by Crippen LogP contribution is 2.30. The summed E-state index contributed by atoms with van der Waals surface area (Å²) in [6.45, 7) is 2.28. The fourth-order valence-corrected chi connectivity index (χ4v) is 3.98. The van der Waals surface area contributed by atoms with Crippen molar-refractivity contribution in [1.82, 2.24) is 9.47 Å². The summed E-state index contributed by atoms with van der Waals surface area (Å²) in [5.74, 6) is 1.02. The molecule has 2 aromatic carbocycles. The molecule has 1 aliphatic heterocycles. The molecular formula is C25H25FN2O3. The van der Waals surface area contributed by atoms with Gasteiger partial charge in [-0.2, -0.15) is 0 Å². The predicted molar refractivity (Wildman–Crippen MR) is 116 cm³/mol. The van der Waals surface area contributed by atoms with Crippen LogP contribution in [0.5, 0.6) is 11.5 Å². The molecule has 1 saturated carbocycles. The van der Waals surface area contributed by atoms with Crippen LogP contribution >= 0.6 is 0 Å². The Bertz CT molecular complexity index is 1090. The van der Waals surface area contributed by atoms with E-state index >= 15 is 0 Å². The van der Waals surface area contributed by atoms with Crippen molar-refractivity contribution in [3.63, 3.8) is 0 Å². The average Bonchev–Trinajstić information content (AvgIpc) is 2.71. The van der Waals surface area contributed by atoms with Crippen molar-refractivity contribution < 1.29 is 13.9 Å². The van der Waals surface area contributed by atoms with Crippen molar-refractivity contribution in [1.29, 1.82) is 0 Å². The first-order valence-corrected chi connectivity index (χ1v) is 10.8. The smallest absolute Gasteiger partial charge is 0.258 e. The Kier molecular flexibility index (Phi) is 5.47. The van der Waals surface area contributed by atoms with Gasteiger partial charge in [-0.15, -0.1) is 0 Å². The molecule has 0 spiro atoms. The first kappa shape index (κ1) is 19.8. The van der Waals surface area contributed by atoms with E-state index < -0.39 is 0 Å². The lowest BCUT2D eigenvalue weighted by Crippen LogP contribution is -2.59. The van der Waals surface area contributed by atoms with Gasteiger partial charge in [-0.3, -0.25) is 14.3 Å². The second-order valence-corrected chi connectivity index (χ2v) is 8.26. The molecule has 3 aromatic rings. The number of nitrogens with zero attached hydrogens (tertiary/aromatic N) is 2. The summed E-state index contributed by atoms with van der Waals surface area (Å²) in [5.41, 5.74) is 1.43. The van der Waals surface area contributed by atoms with E-state index in [4.69, 9.17) is 9.47 Å². The van der Waals surface area contributed by atoms with Crippen molar-refractivity contribution in [3.8, 4) is 17.2 Å². The number of hydrogen-bond acceptors (Lipinski definition) is 4. The number of hydrogen-bond donors (Lipinski definition) is 0. The van der Waals surface area contributed by atoms with Crippen LogP contribution in [0.1, 0.15) is 24.8 Å². The van der Waals surface area contributed by atoms with Gasteiger partial charge in [-0.1, -0.05) is 18.6 Å². The summed E-state index contributed by atoms with van der Waals surface area (Å²) in [5, 5.41) is 0. The average molecular weight is 420 g/mol. The molecule has 1 aromatic heterocycles. The van der Waals surface area contributed by atoms with Crippen molar-refractivity contribution >= 4 is 0 Å². The molecule has 2 heterocycles. The van der Waals surface area contributed by atoms with E-state index in [2.05, 4.69) is 4.90 Å². The van der Waals surface area contributed by atoms with Gasteiger partial charge in [-0.05, 0) is 60.9 Å². The van der Waals surface area contributed by atoms with Crippen LogP contribution in [0.25, 0.3) is 5.69 Å². The minimum Gasteiger partial charge on any atom is -0.489 e. The predicted octanol–water partition coefficient (Wildman–Crippen LogP) is 4.17. The normalized spacial score (nSPS) is 17.1. The van der Waals surface area contributed by atoms with Crippen LogP contribution in [0.15, 0.2) is 71.7 Å². The fourth-order valence-electron chi connectivity index (χ4n) is 3.98. The summed E-state index contributed by atoms with van der Waals surface area (Å²) < 4.78 is 26.3. The summed E-state index contributed by atoms with van der Waals surface area (Å²) in [4.78, 5) is 15.0. The molecule has 2 aliphatic rings. The molecule has 31 heavy (non-hydrogen) atoms. The van der Waals surface area contributed by atoms with Gasteiger partial charge in [0.15, 0.2) is 0 Å². The van der Waals surface area contributed by atoms with Crippen LogP contribution in [-0.2, 0) is 6.61 Å². The zero-order valence-corrected chi connectivity index (χ0v) is 17.2.